The first-order chi connectivity index (χ1) is 19.3. The first kappa shape index (κ1) is 29.9. The summed E-state index contributed by atoms with van der Waals surface area (Å²) < 4.78 is 26.5. The van der Waals surface area contributed by atoms with Crippen molar-refractivity contribution in [3.63, 3.8) is 0 Å². The molecule has 2 heterocycles. The van der Waals surface area contributed by atoms with E-state index in [1.165, 1.54) is 6.20 Å². The van der Waals surface area contributed by atoms with Crippen LogP contribution in [0.25, 0.3) is 21.9 Å². The van der Waals surface area contributed by atoms with Gasteiger partial charge in [-0.1, -0.05) is 0 Å². The third-order valence-corrected chi connectivity index (χ3v) is 6.77. The Labute approximate surface area is 238 Å². The van der Waals surface area contributed by atoms with Crippen LogP contribution in [0.4, 0.5) is 20.7 Å². The Bertz CT molecular complexity index is 1490. The van der Waals surface area contributed by atoms with Gasteiger partial charge in [0, 0.05) is 41.6 Å². The number of carbonyl (C=O) groups excluding carboxylic acids is 3. The van der Waals surface area contributed by atoms with Crippen LogP contribution in [-0.4, -0.2) is 65.7 Å². The molecule has 0 saturated heterocycles. The smallest absolute Gasteiger partial charge is 0.412 e. The lowest BCUT2D eigenvalue weighted by Gasteiger charge is -2.21. The van der Waals surface area contributed by atoms with Crippen molar-refractivity contribution in [2.24, 2.45) is 17.8 Å². The van der Waals surface area contributed by atoms with Crippen molar-refractivity contribution < 1.29 is 28.2 Å². The van der Waals surface area contributed by atoms with E-state index in [9.17, 15) is 14.4 Å². The standard InChI is InChI=1S/C30H36FN5O5/c1-8-40-28(38)24-21(15-36(6)7)23(24)27(37)34-22-12-17-11-18(19-13-32-10-9-16(19)2)25(31)26(20(17)14-33-22)35-29(39)41-30(3,4)5/h9-14,21,23-24H,8,15H2,1-7H3,(H,35,39)(H,33,34,37). The maximum Gasteiger partial charge on any atom is 0.412 e. The second kappa shape index (κ2) is 11.8. The second-order valence-corrected chi connectivity index (χ2v) is 11.4. The number of halogens is 1. The van der Waals surface area contributed by atoms with Crippen molar-refractivity contribution in [1.29, 1.82) is 0 Å². The van der Waals surface area contributed by atoms with E-state index in [1.807, 2.05) is 25.9 Å². The van der Waals surface area contributed by atoms with Crippen LogP contribution in [0.1, 0.15) is 33.3 Å². The van der Waals surface area contributed by atoms with Gasteiger partial charge in [-0.05, 0) is 83.8 Å². The Balaban J connectivity index is 1.71. The largest absolute Gasteiger partial charge is 0.466 e. The van der Waals surface area contributed by atoms with Crippen LogP contribution >= 0.6 is 0 Å². The van der Waals surface area contributed by atoms with Crippen LogP contribution in [0.15, 0.2) is 36.8 Å². The van der Waals surface area contributed by atoms with E-state index in [0.717, 1.165) is 5.56 Å². The maximum absolute atomic E-state index is 16.0. The Hall–Kier alpha value is -4.12. The minimum atomic E-state index is -0.819. The fourth-order valence-electron chi connectivity index (χ4n) is 4.96. The fourth-order valence-corrected chi connectivity index (χ4v) is 4.96. The summed E-state index contributed by atoms with van der Waals surface area (Å²) in [6, 6.07) is 4.99. The van der Waals surface area contributed by atoms with Gasteiger partial charge in [-0.3, -0.25) is 19.9 Å². The third-order valence-electron chi connectivity index (χ3n) is 6.77. The SMILES string of the molecule is CCOC(=O)C1C(CN(C)C)C1C(=O)Nc1cc2cc(-c3cnccc3C)c(F)c(NC(=O)OC(C)(C)C)c2cn1. The summed E-state index contributed by atoms with van der Waals surface area (Å²) in [5, 5.41) is 6.19. The van der Waals surface area contributed by atoms with Crippen LogP contribution in [-0.2, 0) is 19.1 Å². The third kappa shape index (κ3) is 6.79. The molecule has 11 heteroatoms. The molecule has 1 fully saturated rings. The number of esters is 1. The van der Waals surface area contributed by atoms with E-state index < -0.39 is 35.3 Å². The summed E-state index contributed by atoms with van der Waals surface area (Å²) in [7, 11) is 3.76. The second-order valence-electron chi connectivity index (χ2n) is 11.4. The first-order valence-electron chi connectivity index (χ1n) is 13.5. The number of carbonyl (C=O) groups is 3. The molecule has 41 heavy (non-hydrogen) atoms. The van der Waals surface area contributed by atoms with Gasteiger partial charge >= 0.3 is 12.1 Å². The average molecular weight is 566 g/mol. The maximum atomic E-state index is 16.0. The number of aromatic nitrogens is 2. The van der Waals surface area contributed by atoms with Crippen LogP contribution in [0.2, 0.25) is 0 Å². The van der Waals surface area contributed by atoms with E-state index in [1.54, 1.807) is 58.3 Å². The molecule has 1 aliphatic rings. The van der Waals surface area contributed by atoms with E-state index in [4.69, 9.17) is 9.47 Å². The molecular formula is C30H36FN5O5. The number of hydrogen-bond acceptors (Lipinski definition) is 8. The minimum Gasteiger partial charge on any atom is -0.466 e. The number of nitrogens with one attached hydrogen (secondary N) is 2. The molecule has 0 bridgehead atoms. The van der Waals surface area contributed by atoms with Gasteiger partial charge in [0.2, 0.25) is 5.91 Å². The molecular weight excluding hydrogens is 529 g/mol. The molecule has 0 aliphatic heterocycles. The van der Waals surface area contributed by atoms with Crippen molar-refractivity contribution in [2.45, 2.75) is 40.2 Å². The molecule has 3 aromatic rings. The Morgan fingerprint density at radius 1 is 1.07 bits per heavy atom. The number of amides is 2. The number of pyridine rings is 2. The van der Waals surface area contributed by atoms with Crippen LogP contribution in [0.5, 0.6) is 0 Å². The number of benzene rings is 1. The number of aryl methyl sites for hydroxylation is 1. The number of rotatable bonds is 8. The van der Waals surface area contributed by atoms with Crippen molar-refractivity contribution >= 4 is 40.2 Å². The molecule has 2 aromatic heterocycles. The van der Waals surface area contributed by atoms with E-state index in [0.29, 0.717) is 22.9 Å². The predicted octanol–water partition coefficient (Wildman–Crippen LogP) is 5.02. The predicted molar refractivity (Wildman–Crippen MR) is 154 cm³/mol. The summed E-state index contributed by atoms with van der Waals surface area (Å²) in [5.74, 6) is -2.44. The molecule has 4 rings (SSSR count). The van der Waals surface area contributed by atoms with E-state index in [-0.39, 0.29) is 35.5 Å². The zero-order valence-corrected chi connectivity index (χ0v) is 24.4. The first-order valence-corrected chi connectivity index (χ1v) is 13.5. The lowest BCUT2D eigenvalue weighted by Crippen LogP contribution is -2.27. The van der Waals surface area contributed by atoms with Gasteiger partial charge in [-0.15, -0.1) is 0 Å². The molecule has 0 spiro atoms. The van der Waals surface area contributed by atoms with Gasteiger partial charge in [0.15, 0.2) is 5.82 Å². The lowest BCUT2D eigenvalue weighted by atomic mass is 9.98. The summed E-state index contributed by atoms with van der Waals surface area (Å²) in [5.41, 5.74) is 0.653. The number of hydrogen-bond donors (Lipinski definition) is 2. The summed E-state index contributed by atoms with van der Waals surface area (Å²) in [6.45, 7) is 9.48. The van der Waals surface area contributed by atoms with Gasteiger partial charge in [-0.25, -0.2) is 14.2 Å². The molecule has 3 unspecified atom stereocenters. The molecule has 1 aromatic carbocycles. The summed E-state index contributed by atoms with van der Waals surface area (Å²) >= 11 is 0. The highest BCUT2D eigenvalue weighted by Crippen LogP contribution is 2.48. The highest BCUT2D eigenvalue weighted by molar-refractivity contribution is 6.05. The summed E-state index contributed by atoms with van der Waals surface area (Å²) in [6.07, 6.45) is 3.73. The molecule has 1 saturated carbocycles. The highest BCUT2D eigenvalue weighted by Gasteiger charge is 2.59. The normalized spacial score (nSPS) is 18.2. The minimum absolute atomic E-state index is 0.101. The zero-order chi connectivity index (χ0) is 30.1. The Morgan fingerprint density at radius 3 is 2.44 bits per heavy atom. The van der Waals surface area contributed by atoms with Gasteiger partial charge in [0.1, 0.15) is 11.4 Å². The molecule has 2 N–H and O–H groups in total. The molecule has 218 valence electrons. The van der Waals surface area contributed by atoms with Crippen LogP contribution in [0.3, 0.4) is 0 Å². The Morgan fingerprint density at radius 2 is 1.80 bits per heavy atom. The lowest BCUT2D eigenvalue weighted by molar-refractivity contribution is -0.146. The van der Waals surface area contributed by atoms with Gasteiger partial charge in [-0.2, -0.15) is 0 Å². The number of ether oxygens (including phenoxy) is 2. The van der Waals surface area contributed by atoms with Crippen LogP contribution < -0.4 is 10.6 Å². The number of nitrogens with zero attached hydrogens (tertiary/aromatic N) is 3. The zero-order valence-electron chi connectivity index (χ0n) is 24.4. The van der Waals surface area contributed by atoms with Gasteiger partial charge in [0.25, 0.3) is 0 Å². The molecule has 1 aliphatic carbocycles. The summed E-state index contributed by atoms with van der Waals surface area (Å²) in [4.78, 5) is 48.7. The molecule has 3 atom stereocenters. The van der Waals surface area contributed by atoms with Gasteiger partial charge in [0.05, 0.1) is 24.1 Å². The van der Waals surface area contributed by atoms with Crippen molar-refractivity contribution in [1.82, 2.24) is 14.9 Å². The number of fused-ring (bicyclic) bond motifs is 1. The monoisotopic (exact) mass is 565 g/mol. The van der Waals surface area contributed by atoms with Crippen molar-refractivity contribution in [3.05, 3.63) is 48.2 Å². The topological polar surface area (TPSA) is 123 Å². The highest BCUT2D eigenvalue weighted by atomic mass is 19.1. The molecule has 2 amide bonds. The number of anilines is 2. The molecule has 0 radical (unpaired) electrons. The van der Waals surface area contributed by atoms with Gasteiger partial charge < -0.3 is 19.7 Å². The fraction of sp³-hybridized carbons (Fsp3) is 0.433. The van der Waals surface area contributed by atoms with Crippen molar-refractivity contribution in [3.8, 4) is 11.1 Å². The quantitative estimate of drug-likeness (QED) is 0.365. The van der Waals surface area contributed by atoms with E-state index in [2.05, 4.69) is 20.6 Å². The Kier molecular flexibility index (Phi) is 8.58. The van der Waals surface area contributed by atoms with Crippen LogP contribution in [0, 0.1) is 30.5 Å². The average Bonchev–Trinajstić information content (AvgIpc) is 3.58. The van der Waals surface area contributed by atoms with E-state index >= 15 is 4.39 Å². The van der Waals surface area contributed by atoms with Crippen molar-refractivity contribution in [2.75, 3.05) is 37.9 Å². The molecule has 10 nitrogen and oxygen atoms in total.